The number of rotatable bonds is 1. The molecule has 0 spiro atoms. The van der Waals surface area contributed by atoms with Crippen LogP contribution < -0.4 is 0 Å². The highest BCUT2D eigenvalue weighted by Gasteiger charge is 2.40. The van der Waals surface area contributed by atoms with Crippen molar-refractivity contribution in [3.8, 4) is 0 Å². The Balaban J connectivity index is 2.23. The molecule has 100 valence electrons. The van der Waals surface area contributed by atoms with Crippen LogP contribution in [-0.2, 0) is 9.53 Å². The maximum atomic E-state index is 11.7. The first kappa shape index (κ1) is 13.3. The van der Waals surface area contributed by atoms with Crippen LogP contribution >= 0.6 is 0 Å². The van der Waals surface area contributed by atoms with Crippen molar-refractivity contribution in [1.29, 1.82) is 0 Å². The van der Waals surface area contributed by atoms with Crippen molar-refractivity contribution in [2.45, 2.75) is 45.6 Å². The van der Waals surface area contributed by atoms with Crippen molar-refractivity contribution in [1.82, 2.24) is 0 Å². The van der Waals surface area contributed by atoms with Crippen LogP contribution in [0, 0.1) is 11.8 Å². The zero-order valence-corrected chi connectivity index (χ0v) is 11.2. The normalized spacial score (nSPS) is 39.1. The van der Waals surface area contributed by atoms with Crippen LogP contribution in [0.25, 0.3) is 0 Å². The maximum absolute atomic E-state index is 11.7. The van der Waals surface area contributed by atoms with Gasteiger partial charge in [-0.25, -0.2) is 0 Å². The lowest BCUT2D eigenvalue weighted by molar-refractivity contribution is -0.142. The molecule has 1 aliphatic heterocycles. The van der Waals surface area contributed by atoms with Crippen LogP contribution in [0.3, 0.4) is 0 Å². The summed E-state index contributed by atoms with van der Waals surface area (Å²) in [5.41, 5.74) is 2.36. The van der Waals surface area contributed by atoms with Gasteiger partial charge >= 0.3 is 5.97 Å². The molecule has 3 atom stereocenters. The summed E-state index contributed by atoms with van der Waals surface area (Å²) in [6.07, 6.45) is 7.90. The van der Waals surface area contributed by atoms with E-state index >= 15 is 0 Å². The van der Waals surface area contributed by atoms with Gasteiger partial charge < -0.3 is 9.84 Å². The van der Waals surface area contributed by atoms with E-state index in [1.54, 1.807) is 0 Å². The Bertz CT molecular complexity index is 381. The minimum atomic E-state index is -0.138. The van der Waals surface area contributed by atoms with Gasteiger partial charge in [-0.05, 0) is 44.3 Å². The molecule has 0 aromatic rings. The fourth-order valence-electron chi connectivity index (χ4n) is 2.81. The van der Waals surface area contributed by atoms with Crippen LogP contribution in [0.4, 0.5) is 0 Å². The van der Waals surface area contributed by atoms with E-state index in [1.165, 1.54) is 5.57 Å². The number of carbonyl (C=O) groups excluding carboxylic acids is 1. The summed E-state index contributed by atoms with van der Waals surface area (Å²) in [5, 5.41) is 9.36. The summed E-state index contributed by atoms with van der Waals surface area (Å²) in [7, 11) is 0. The van der Waals surface area contributed by atoms with Crippen LogP contribution in [0.5, 0.6) is 0 Å². The fraction of sp³-hybridized carbons (Fsp3) is 0.667. The third kappa shape index (κ3) is 2.83. The van der Waals surface area contributed by atoms with Gasteiger partial charge in [-0.1, -0.05) is 18.6 Å². The van der Waals surface area contributed by atoms with Crippen molar-refractivity contribution < 1.29 is 14.6 Å². The van der Waals surface area contributed by atoms with E-state index in [4.69, 9.17) is 4.74 Å². The van der Waals surface area contributed by atoms with Crippen molar-refractivity contribution >= 4 is 5.97 Å². The number of hydrogen-bond donors (Lipinski definition) is 1. The Morgan fingerprint density at radius 2 is 2.22 bits per heavy atom. The zero-order chi connectivity index (χ0) is 13.1. The smallest absolute Gasteiger partial charge is 0.309 e. The molecule has 0 unspecified atom stereocenters. The van der Waals surface area contributed by atoms with Gasteiger partial charge in [0.25, 0.3) is 0 Å². The topological polar surface area (TPSA) is 46.5 Å². The van der Waals surface area contributed by atoms with E-state index in [1.807, 2.05) is 13.0 Å². The van der Waals surface area contributed by atoms with Gasteiger partial charge in [-0.2, -0.15) is 0 Å². The molecule has 0 aromatic carbocycles. The Labute approximate surface area is 109 Å². The molecule has 2 rings (SSSR count). The Hall–Kier alpha value is -1.09. The van der Waals surface area contributed by atoms with Crippen molar-refractivity contribution in [3.05, 3.63) is 23.3 Å². The van der Waals surface area contributed by atoms with Crippen LogP contribution in [0.2, 0.25) is 0 Å². The van der Waals surface area contributed by atoms with Crippen LogP contribution in [0.15, 0.2) is 23.3 Å². The molecule has 0 bridgehead atoms. The van der Waals surface area contributed by atoms with Gasteiger partial charge in [0, 0.05) is 5.92 Å². The number of aliphatic hydroxyl groups is 1. The number of fused-ring (bicyclic) bond motifs is 1. The molecule has 3 nitrogen and oxygen atoms in total. The highest BCUT2D eigenvalue weighted by molar-refractivity contribution is 5.75. The quantitative estimate of drug-likeness (QED) is 0.575. The molecule has 3 heteroatoms. The third-order valence-electron chi connectivity index (χ3n) is 4.12. The number of allylic oxidation sites excluding steroid dienone is 2. The predicted molar refractivity (Wildman–Crippen MR) is 69.9 cm³/mol. The first-order chi connectivity index (χ1) is 8.61. The van der Waals surface area contributed by atoms with Crippen LogP contribution in [0.1, 0.15) is 39.5 Å². The third-order valence-corrected chi connectivity index (χ3v) is 4.12. The molecule has 18 heavy (non-hydrogen) atoms. The maximum Gasteiger partial charge on any atom is 0.309 e. The van der Waals surface area contributed by atoms with Gasteiger partial charge in [0.05, 0.1) is 12.5 Å². The molecule has 1 N–H and O–H groups in total. The Kier molecular flexibility index (Phi) is 4.23. The number of aliphatic hydroxyl groups excluding tert-OH is 1. The van der Waals surface area contributed by atoms with Crippen molar-refractivity contribution in [3.63, 3.8) is 0 Å². The van der Waals surface area contributed by atoms with Gasteiger partial charge in [-0.15, -0.1) is 0 Å². The molecule has 0 saturated carbocycles. The highest BCUT2D eigenvalue weighted by Crippen LogP contribution is 2.35. The summed E-state index contributed by atoms with van der Waals surface area (Å²) < 4.78 is 5.43. The molecular weight excluding hydrogens is 228 g/mol. The Morgan fingerprint density at radius 3 is 2.94 bits per heavy atom. The van der Waals surface area contributed by atoms with Gasteiger partial charge in [0.15, 0.2) is 0 Å². The Morgan fingerprint density at radius 1 is 1.44 bits per heavy atom. The lowest BCUT2D eigenvalue weighted by Crippen LogP contribution is -2.19. The lowest BCUT2D eigenvalue weighted by atomic mass is 9.85. The molecule has 0 aromatic heterocycles. The minimum absolute atomic E-state index is 0.0292. The molecule has 0 radical (unpaired) electrons. The highest BCUT2D eigenvalue weighted by atomic mass is 16.6. The second-order valence-electron chi connectivity index (χ2n) is 5.46. The van der Waals surface area contributed by atoms with E-state index < -0.39 is 0 Å². The van der Waals surface area contributed by atoms with Gasteiger partial charge in [0.1, 0.15) is 6.10 Å². The van der Waals surface area contributed by atoms with Crippen molar-refractivity contribution in [2.75, 3.05) is 6.61 Å². The average Bonchev–Trinajstić information content (AvgIpc) is 2.61. The summed E-state index contributed by atoms with van der Waals surface area (Å²) in [4.78, 5) is 11.7. The minimum Gasteiger partial charge on any atom is -0.458 e. The van der Waals surface area contributed by atoms with Crippen LogP contribution in [-0.4, -0.2) is 23.8 Å². The van der Waals surface area contributed by atoms with Crippen molar-refractivity contribution in [2.24, 2.45) is 11.8 Å². The molecule has 2 aliphatic rings. The number of ether oxygens (including phenoxy) is 1. The molecular formula is C15H22O3. The van der Waals surface area contributed by atoms with Gasteiger partial charge in [0.2, 0.25) is 0 Å². The summed E-state index contributed by atoms with van der Waals surface area (Å²) >= 11 is 0. The largest absolute Gasteiger partial charge is 0.458 e. The first-order valence-electron chi connectivity index (χ1n) is 6.78. The molecule has 1 fully saturated rings. The first-order valence-corrected chi connectivity index (χ1v) is 6.78. The molecule has 1 saturated heterocycles. The van der Waals surface area contributed by atoms with E-state index in [0.717, 1.165) is 31.3 Å². The average molecular weight is 250 g/mol. The second-order valence-corrected chi connectivity index (χ2v) is 5.46. The summed E-state index contributed by atoms with van der Waals surface area (Å²) in [6, 6.07) is 0. The summed E-state index contributed by atoms with van der Waals surface area (Å²) in [5.74, 6) is 0.123. The SMILES string of the molecule is C/C1=C/CC/C(CO)=C\[C@H]2OC(=O)[C@@H](C)[C@@H]2CC1. The molecule has 0 amide bonds. The monoisotopic (exact) mass is 250 g/mol. The second kappa shape index (κ2) is 5.70. The standard InChI is InChI=1S/C15H22O3/c1-10-4-3-5-12(9-16)8-14-13(7-6-10)11(2)15(17)18-14/h4,8,11,13-14,16H,3,5-7,9H2,1-2H3/b10-4-,12-8+/t11-,13-,14+/m0/s1. The number of carbonyl (C=O) groups is 1. The number of esters is 1. The zero-order valence-electron chi connectivity index (χ0n) is 11.2. The molecule has 1 aliphatic carbocycles. The lowest BCUT2D eigenvalue weighted by Gasteiger charge is -2.19. The van der Waals surface area contributed by atoms with E-state index in [-0.39, 0.29) is 30.5 Å². The molecule has 1 heterocycles. The van der Waals surface area contributed by atoms with Gasteiger partial charge in [-0.3, -0.25) is 4.79 Å². The summed E-state index contributed by atoms with van der Waals surface area (Å²) in [6.45, 7) is 4.15. The fourth-order valence-corrected chi connectivity index (χ4v) is 2.81. The van der Waals surface area contributed by atoms with E-state index in [2.05, 4.69) is 13.0 Å². The number of hydrogen-bond acceptors (Lipinski definition) is 3. The van der Waals surface area contributed by atoms with E-state index in [0.29, 0.717) is 0 Å². The predicted octanol–water partition coefficient (Wildman–Crippen LogP) is 2.60. The van der Waals surface area contributed by atoms with E-state index in [9.17, 15) is 9.90 Å².